The molecule has 0 bridgehead atoms. The molecule has 2 rings (SSSR count). The van der Waals surface area contributed by atoms with Crippen LogP contribution in [0.1, 0.15) is 5.56 Å². The molecule has 0 saturated heterocycles. The number of benzene rings is 1. The lowest BCUT2D eigenvalue weighted by Gasteiger charge is -2.31. The Balaban J connectivity index is 2.52. The Kier molecular flexibility index (Phi) is 2.05. The zero-order chi connectivity index (χ0) is 12.1. The molecule has 0 fully saturated rings. The fraction of sp³-hybridized carbons (Fsp3) is 0.333. The van der Waals surface area contributed by atoms with Gasteiger partial charge < -0.3 is 9.47 Å². The van der Waals surface area contributed by atoms with Gasteiger partial charge in [-0.05, 0) is 18.6 Å². The number of aryl methyl sites for hydroxylation is 1. The molecule has 7 heteroatoms. The molecule has 1 heterocycles. The highest BCUT2D eigenvalue weighted by Gasteiger charge is 2.66. The molecule has 16 heavy (non-hydrogen) atoms. The number of alkyl halides is 4. The van der Waals surface area contributed by atoms with Crippen LogP contribution < -0.4 is 9.47 Å². The summed E-state index contributed by atoms with van der Waals surface area (Å²) in [6, 6.07) is 1.45. The average Bonchev–Trinajstić information content (AvgIpc) is 2.10. The maximum Gasteiger partial charge on any atom is 0.507 e. The molecule has 0 aromatic heterocycles. The quantitative estimate of drug-likeness (QED) is 0.649. The van der Waals surface area contributed by atoms with E-state index in [2.05, 4.69) is 9.47 Å². The number of hydrogen-bond donors (Lipinski definition) is 0. The van der Waals surface area contributed by atoms with Gasteiger partial charge in [0.2, 0.25) is 0 Å². The molecule has 0 N–H and O–H groups in total. The fourth-order valence-electron chi connectivity index (χ4n) is 1.19. The van der Waals surface area contributed by atoms with Gasteiger partial charge in [-0.3, -0.25) is 0 Å². The van der Waals surface area contributed by atoms with Gasteiger partial charge in [-0.25, -0.2) is 4.39 Å². The number of ether oxygens (including phenoxy) is 2. The van der Waals surface area contributed by atoms with Crippen LogP contribution in [0.3, 0.4) is 0 Å². The summed E-state index contributed by atoms with van der Waals surface area (Å²) in [7, 11) is 0. The van der Waals surface area contributed by atoms with Crippen molar-refractivity contribution in [3.63, 3.8) is 0 Å². The van der Waals surface area contributed by atoms with Gasteiger partial charge in [0.15, 0.2) is 11.5 Å². The molecule has 0 spiro atoms. The summed E-state index contributed by atoms with van der Waals surface area (Å²) in [5.41, 5.74) is -0.0108. The smallest absolute Gasteiger partial charge is 0.421 e. The van der Waals surface area contributed by atoms with E-state index in [9.17, 15) is 22.0 Å². The highest BCUT2D eigenvalue weighted by atomic mass is 19.3. The lowest BCUT2D eigenvalue weighted by atomic mass is 10.2. The predicted octanol–water partition coefficient (Wildman–Crippen LogP) is 3.09. The van der Waals surface area contributed by atoms with E-state index < -0.39 is 29.5 Å². The Morgan fingerprint density at radius 3 is 1.88 bits per heavy atom. The van der Waals surface area contributed by atoms with E-state index in [1.807, 2.05) is 0 Å². The zero-order valence-corrected chi connectivity index (χ0v) is 7.86. The molecule has 1 aromatic rings. The molecule has 0 radical (unpaired) electrons. The van der Waals surface area contributed by atoms with Crippen molar-refractivity contribution in [2.45, 2.75) is 19.1 Å². The zero-order valence-electron chi connectivity index (χ0n) is 7.86. The maximum atomic E-state index is 13.0. The monoisotopic (exact) mass is 240 g/mol. The van der Waals surface area contributed by atoms with E-state index >= 15 is 0 Å². The molecule has 0 unspecified atom stereocenters. The highest BCUT2D eigenvalue weighted by Crippen LogP contribution is 2.47. The third-order valence-corrected chi connectivity index (χ3v) is 2.04. The van der Waals surface area contributed by atoms with Gasteiger partial charge in [-0.15, -0.1) is 0 Å². The van der Waals surface area contributed by atoms with Crippen molar-refractivity contribution in [3.05, 3.63) is 23.5 Å². The summed E-state index contributed by atoms with van der Waals surface area (Å²) < 4.78 is 71.3. The van der Waals surface area contributed by atoms with Crippen molar-refractivity contribution in [1.29, 1.82) is 0 Å². The third kappa shape index (κ3) is 1.46. The van der Waals surface area contributed by atoms with E-state index in [0.717, 1.165) is 6.07 Å². The van der Waals surface area contributed by atoms with E-state index in [1.165, 1.54) is 6.92 Å². The van der Waals surface area contributed by atoms with Gasteiger partial charge in [0.05, 0.1) is 0 Å². The van der Waals surface area contributed by atoms with Crippen LogP contribution in [0, 0.1) is 12.7 Å². The van der Waals surface area contributed by atoms with Crippen LogP contribution in [0.15, 0.2) is 12.1 Å². The Labute approximate surface area is 86.6 Å². The molecule has 0 atom stereocenters. The second-order valence-electron chi connectivity index (χ2n) is 3.29. The van der Waals surface area contributed by atoms with E-state index in [4.69, 9.17) is 0 Å². The first kappa shape index (κ1) is 11.0. The number of hydrogen-bond acceptors (Lipinski definition) is 2. The summed E-state index contributed by atoms with van der Waals surface area (Å²) in [4.78, 5) is 0. The third-order valence-electron chi connectivity index (χ3n) is 2.04. The molecule has 1 aliphatic heterocycles. The molecule has 2 nitrogen and oxygen atoms in total. The van der Waals surface area contributed by atoms with Crippen molar-refractivity contribution in [3.8, 4) is 11.5 Å². The van der Waals surface area contributed by atoms with Crippen molar-refractivity contribution >= 4 is 0 Å². The van der Waals surface area contributed by atoms with Gasteiger partial charge in [0.25, 0.3) is 0 Å². The topological polar surface area (TPSA) is 18.5 Å². The SMILES string of the molecule is Cc1cc2c(cc1F)OC(F)(F)C(F)(F)O2. The predicted molar refractivity (Wildman–Crippen MR) is 42.3 cm³/mol. The van der Waals surface area contributed by atoms with E-state index in [-0.39, 0.29) is 5.56 Å². The van der Waals surface area contributed by atoms with Gasteiger partial charge >= 0.3 is 12.2 Å². The van der Waals surface area contributed by atoms with Crippen LogP contribution in [-0.2, 0) is 0 Å². The van der Waals surface area contributed by atoms with Crippen LogP contribution in [0.5, 0.6) is 11.5 Å². The summed E-state index contributed by atoms with van der Waals surface area (Å²) in [5, 5.41) is 0. The van der Waals surface area contributed by atoms with Crippen LogP contribution in [0.25, 0.3) is 0 Å². The standard InChI is InChI=1S/C9H5F5O2/c1-4-2-6-7(3-5(4)10)16-9(13,14)8(11,12)15-6/h2-3H,1H3. The second-order valence-corrected chi connectivity index (χ2v) is 3.29. The molecule has 0 aliphatic carbocycles. The minimum atomic E-state index is -4.82. The maximum absolute atomic E-state index is 13.0. The molecule has 88 valence electrons. The Morgan fingerprint density at radius 2 is 1.38 bits per heavy atom. The second kappa shape index (κ2) is 2.99. The van der Waals surface area contributed by atoms with Gasteiger partial charge in [0, 0.05) is 6.07 Å². The van der Waals surface area contributed by atoms with Gasteiger partial charge in [-0.2, -0.15) is 17.6 Å². The van der Waals surface area contributed by atoms with E-state index in [0.29, 0.717) is 6.07 Å². The first-order valence-electron chi connectivity index (χ1n) is 4.17. The summed E-state index contributed by atoms with van der Waals surface area (Å²) >= 11 is 0. The van der Waals surface area contributed by atoms with Gasteiger partial charge in [0.1, 0.15) is 5.82 Å². The molecule has 0 amide bonds. The summed E-state index contributed by atoms with van der Waals surface area (Å²) in [6.07, 6.45) is -9.59. The lowest BCUT2D eigenvalue weighted by molar-refractivity contribution is -0.391. The first-order valence-corrected chi connectivity index (χ1v) is 4.17. The van der Waals surface area contributed by atoms with Crippen molar-refractivity contribution in [1.82, 2.24) is 0 Å². The molecule has 0 saturated carbocycles. The highest BCUT2D eigenvalue weighted by molar-refractivity contribution is 5.45. The Bertz CT molecular complexity index is 403. The lowest BCUT2D eigenvalue weighted by Crippen LogP contribution is -2.52. The number of fused-ring (bicyclic) bond motifs is 1. The number of rotatable bonds is 0. The normalized spacial score (nSPS) is 20.6. The summed E-state index contributed by atoms with van der Waals surface area (Å²) in [6.45, 7) is 1.28. The van der Waals surface area contributed by atoms with Crippen molar-refractivity contribution in [2.24, 2.45) is 0 Å². The molecule has 1 aromatic carbocycles. The van der Waals surface area contributed by atoms with Crippen LogP contribution in [0.4, 0.5) is 22.0 Å². The van der Waals surface area contributed by atoms with Gasteiger partial charge in [-0.1, -0.05) is 0 Å². The van der Waals surface area contributed by atoms with Crippen LogP contribution >= 0.6 is 0 Å². The fourth-order valence-corrected chi connectivity index (χ4v) is 1.19. The molecule has 1 aliphatic rings. The number of halogens is 5. The minimum Gasteiger partial charge on any atom is -0.421 e. The van der Waals surface area contributed by atoms with Crippen molar-refractivity contribution in [2.75, 3.05) is 0 Å². The largest absolute Gasteiger partial charge is 0.507 e. The first-order chi connectivity index (χ1) is 7.23. The van der Waals surface area contributed by atoms with Crippen LogP contribution in [0.2, 0.25) is 0 Å². The van der Waals surface area contributed by atoms with Crippen LogP contribution in [-0.4, -0.2) is 12.2 Å². The Hall–Kier alpha value is -1.53. The molecular formula is C9H5F5O2. The average molecular weight is 240 g/mol. The Morgan fingerprint density at radius 1 is 0.938 bits per heavy atom. The van der Waals surface area contributed by atoms with E-state index in [1.54, 1.807) is 0 Å². The summed E-state index contributed by atoms with van der Waals surface area (Å²) in [5.74, 6) is -2.21. The molecular weight excluding hydrogens is 235 g/mol. The van der Waals surface area contributed by atoms with Crippen molar-refractivity contribution < 1.29 is 31.4 Å². The minimum absolute atomic E-state index is 0.0108.